The van der Waals surface area contributed by atoms with Crippen LogP contribution in [0.1, 0.15) is 47.0 Å². The Balaban J connectivity index is 1.87. The van der Waals surface area contributed by atoms with Gasteiger partial charge in [-0.1, -0.05) is 27.7 Å². The van der Waals surface area contributed by atoms with Crippen molar-refractivity contribution in [1.82, 2.24) is 15.1 Å². The molecule has 3 heteroatoms. The van der Waals surface area contributed by atoms with Crippen LogP contribution in [0.15, 0.2) is 0 Å². The zero-order valence-electron chi connectivity index (χ0n) is 14.8. The predicted octanol–water partition coefficient (Wildman–Crippen LogP) is 2.67. The van der Waals surface area contributed by atoms with Gasteiger partial charge in [0.2, 0.25) is 0 Å². The molecule has 1 heterocycles. The third-order valence-electron chi connectivity index (χ3n) is 5.84. The van der Waals surface area contributed by atoms with Crippen molar-refractivity contribution in [3.05, 3.63) is 0 Å². The SMILES string of the molecule is CCNC1CCC(C(C)C)CC1CN1CCN(CC)CC1. The van der Waals surface area contributed by atoms with E-state index in [0.717, 1.165) is 30.3 Å². The lowest BCUT2D eigenvalue weighted by molar-refractivity contribution is 0.0839. The van der Waals surface area contributed by atoms with Gasteiger partial charge in [-0.25, -0.2) is 0 Å². The molecule has 0 bridgehead atoms. The van der Waals surface area contributed by atoms with E-state index in [4.69, 9.17) is 0 Å². The lowest BCUT2D eigenvalue weighted by Crippen LogP contribution is -2.51. The van der Waals surface area contributed by atoms with Crippen molar-refractivity contribution in [3.8, 4) is 0 Å². The summed E-state index contributed by atoms with van der Waals surface area (Å²) in [5.74, 6) is 2.66. The van der Waals surface area contributed by atoms with Gasteiger partial charge in [0.25, 0.3) is 0 Å². The average Bonchev–Trinajstić information content (AvgIpc) is 2.50. The molecule has 0 spiro atoms. The first-order valence-corrected chi connectivity index (χ1v) is 9.32. The summed E-state index contributed by atoms with van der Waals surface area (Å²) in [6.45, 7) is 18.1. The maximum Gasteiger partial charge on any atom is 0.0110 e. The zero-order valence-corrected chi connectivity index (χ0v) is 14.8. The smallest absolute Gasteiger partial charge is 0.0110 e. The van der Waals surface area contributed by atoms with Gasteiger partial charge in [-0.05, 0) is 50.1 Å². The van der Waals surface area contributed by atoms with Gasteiger partial charge in [-0.3, -0.25) is 0 Å². The Morgan fingerprint density at radius 3 is 2.24 bits per heavy atom. The molecular formula is C18H37N3. The molecule has 0 aromatic rings. The van der Waals surface area contributed by atoms with E-state index in [1.54, 1.807) is 0 Å². The van der Waals surface area contributed by atoms with E-state index in [0.29, 0.717) is 0 Å². The predicted molar refractivity (Wildman–Crippen MR) is 91.7 cm³/mol. The van der Waals surface area contributed by atoms with Gasteiger partial charge in [0.05, 0.1) is 0 Å². The Hall–Kier alpha value is -0.120. The summed E-state index contributed by atoms with van der Waals surface area (Å²) in [5, 5.41) is 3.77. The molecule has 124 valence electrons. The summed E-state index contributed by atoms with van der Waals surface area (Å²) in [4.78, 5) is 5.31. The van der Waals surface area contributed by atoms with Gasteiger partial charge < -0.3 is 15.1 Å². The van der Waals surface area contributed by atoms with Crippen molar-refractivity contribution in [1.29, 1.82) is 0 Å². The van der Waals surface area contributed by atoms with Crippen molar-refractivity contribution < 1.29 is 0 Å². The van der Waals surface area contributed by atoms with Crippen LogP contribution in [0, 0.1) is 17.8 Å². The third-order valence-corrected chi connectivity index (χ3v) is 5.84. The molecule has 0 radical (unpaired) electrons. The maximum atomic E-state index is 3.77. The van der Waals surface area contributed by atoms with E-state index in [1.807, 2.05) is 0 Å². The summed E-state index contributed by atoms with van der Waals surface area (Å²) < 4.78 is 0. The van der Waals surface area contributed by atoms with Crippen LogP contribution in [0.5, 0.6) is 0 Å². The molecule has 3 unspecified atom stereocenters. The van der Waals surface area contributed by atoms with Gasteiger partial charge in [0, 0.05) is 38.8 Å². The van der Waals surface area contributed by atoms with Crippen molar-refractivity contribution >= 4 is 0 Å². The Bertz CT molecular complexity index is 284. The fourth-order valence-corrected chi connectivity index (χ4v) is 4.26. The molecule has 0 amide bonds. The van der Waals surface area contributed by atoms with Crippen LogP contribution in [0.25, 0.3) is 0 Å². The van der Waals surface area contributed by atoms with Gasteiger partial charge >= 0.3 is 0 Å². The van der Waals surface area contributed by atoms with Crippen LogP contribution < -0.4 is 5.32 Å². The topological polar surface area (TPSA) is 18.5 Å². The number of piperazine rings is 1. The number of hydrogen-bond acceptors (Lipinski definition) is 3. The third kappa shape index (κ3) is 4.94. The second-order valence-electron chi connectivity index (χ2n) is 7.48. The number of nitrogens with zero attached hydrogens (tertiary/aromatic N) is 2. The molecule has 2 rings (SSSR count). The number of hydrogen-bond donors (Lipinski definition) is 1. The highest BCUT2D eigenvalue weighted by atomic mass is 15.3. The van der Waals surface area contributed by atoms with Crippen LogP contribution in [0.2, 0.25) is 0 Å². The molecule has 1 saturated heterocycles. The number of rotatable bonds is 6. The molecule has 0 aromatic heterocycles. The maximum absolute atomic E-state index is 3.77. The van der Waals surface area contributed by atoms with E-state index in [9.17, 15) is 0 Å². The highest BCUT2D eigenvalue weighted by Crippen LogP contribution is 2.34. The normalized spacial score (nSPS) is 32.7. The van der Waals surface area contributed by atoms with Crippen molar-refractivity contribution in [2.24, 2.45) is 17.8 Å². The summed E-state index contributed by atoms with van der Waals surface area (Å²) in [7, 11) is 0. The molecule has 1 aliphatic heterocycles. The fourth-order valence-electron chi connectivity index (χ4n) is 4.26. The van der Waals surface area contributed by atoms with Crippen LogP contribution in [-0.2, 0) is 0 Å². The number of nitrogens with one attached hydrogen (secondary N) is 1. The molecule has 2 aliphatic rings. The Morgan fingerprint density at radius 2 is 1.67 bits per heavy atom. The average molecular weight is 296 g/mol. The number of likely N-dealkylation sites (N-methyl/N-ethyl adjacent to an activating group) is 1. The monoisotopic (exact) mass is 295 g/mol. The Kier molecular flexibility index (Phi) is 6.97. The van der Waals surface area contributed by atoms with E-state index < -0.39 is 0 Å². The van der Waals surface area contributed by atoms with Crippen LogP contribution in [0.4, 0.5) is 0 Å². The molecule has 21 heavy (non-hydrogen) atoms. The Morgan fingerprint density at radius 1 is 1.00 bits per heavy atom. The first-order chi connectivity index (χ1) is 10.1. The minimum absolute atomic E-state index is 0.759. The zero-order chi connectivity index (χ0) is 15.2. The summed E-state index contributed by atoms with van der Waals surface area (Å²) in [5.41, 5.74) is 0. The largest absolute Gasteiger partial charge is 0.314 e. The standard InChI is InChI=1S/C18H37N3/c1-5-19-18-8-7-16(15(3)4)13-17(18)14-21-11-9-20(6-2)10-12-21/h15-19H,5-14H2,1-4H3. The van der Waals surface area contributed by atoms with Crippen molar-refractivity contribution in [2.45, 2.75) is 53.0 Å². The van der Waals surface area contributed by atoms with Gasteiger partial charge in [0.15, 0.2) is 0 Å². The van der Waals surface area contributed by atoms with E-state index >= 15 is 0 Å². The fraction of sp³-hybridized carbons (Fsp3) is 1.00. The Labute approximate surface area is 132 Å². The van der Waals surface area contributed by atoms with Crippen LogP contribution in [-0.4, -0.2) is 61.7 Å². The first-order valence-electron chi connectivity index (χ1n) is 9.32. The summed E-state index contributed by atoms with van der Waals surface area (Å²) in [6, 6.07) is 0.759. The quantitative estimate of drug-likeness (QED) is 0.813. The molecule has 2 fully saturated rings. The molecule has 1 saturated carbocycles. The van der Waals surface area contributed by atoms with Crippen molar-refractivity contribution in [2.75, 3.05) is 45.8 Å². The van der Waals surface area contributed by atoms with Gasteiger partial charge in [-0.2, -0.15) is 0 Å². The van der Waals surface area contributed by atoms with E-state index in [2.05, 4.69) is 42.8 Å². The molecule has 1 aliphatic carbocycles. The minimum Gasteiger partial charge on any atom is -0.314 e. The lowest BCUT2D eigenvalue weighted by atomic mass is 9.73. The highest BCUT2D eigenvalue weighted by Gasteiger charge is 2.32. The molecule has 0 aromatic carbocycles. The van der Waals surface area contributed by atoms with Crippen molar-refractivity contribution in [3.63, 3.8) is 0 Å². The molecule has 1 N–H and O–H groups in total. The second kappa shape index (κ2) is 8.50. The van der Waals surface area contributed by atoms with Crippen LogP contribution in [0.3, 0.4) is 0 Å². The summed E-state index contributed by atoms with van der Waals surface area (Å²) >= 11 is 0. The second-order valence-corrected chi connectivity index (χ2v) is 7.48. The first kappa shape index (κ1) is 17.2. The van der Waals surface area contributed by atoms with E-state index in [-0.39, 0.29) is 0 Å². The highest BCUT2D eigenvalue weighted by molar-refractivity contribution is 4.88. The lowest BCUT2D eigenvalue weighted by Gasteiger charge is -2.42. The minimum atomic E-state index is 0.759. The van der Waals surface area contributed by atoms with Crippen LogP contribution >= 0.6 is 0 Å². The molecular weight excluding hydrogens is 258 g/mol. The van der Waals surface area contributed by atoms with E-state index in [1.165, 1.54) is 58.5 Å². The van der Waals surface area contributed by atoms with Gasteiger partial charge in [0.1, 0.15) is 0 Å². The van der Waals surface area contributed by atoms with Gasteiger partial charge in [-0.15, -0.1) is 0 Å². The molecule has 3 nitrogen and oxygen atoms in total. The summed E-state index contributed by atoms with van der Waals surface area (Å²) in [6.07, 6.45) is 4.25. The molecule has 3 atom stereocenters.